The van der Waals surface area contributed by atoms with Crippen LogP contribution < -0.4 is 5.32 Å². The number of allylic oxidation sites excluding steroid dienone is 1. The molecular weight excluding hydrogens is 572 g/mol. The minimum atomic E-state index is -3.44. The molecular formula is C31H31F2N7O2S. The third kappa shape index (κ3) is 4.37. The van der Waals surface area contributed by atoms with Crippen LogP contribution in [0.4, 0.5) is 8.78 Å². The van der Waals surface area contributed by atoms with Crippen molar-refractivity contribution in [3.8, 4) is 17.1 Å². The van der Waals surface area contributed by atoms with Gasteiger partial charge in [-0.05, 0) is 72.9 Å². The molecule has 7 rings (SSSR count). The molecule has 2 bridgehead atoms. The van der Waals surface area contributed by atoms with Gasteiger partial charge in [0.2, 0.25) is 0 Å². The van der Waals surface area contributed by atoms with Gasteiger partial charge in [0.15, 0.2) is 21.5 Å². The summed E-state index contributed by atoms with van der Waals surface area (Å²) in [7, 11) is -3.44. The van der Waals surface area contributed by atoms with E-state index in [1.807, 2.05) is 12.1 Å². The topological polar surface area (TPSA) is 116 Å². The maximum atomic E-state index is 14.6. The number of halogens is 2. The molecule has 1 saturated carbocycles. The van der Waals surface area contributed by atoms with E-state index in [0.29, 0.717) is 5.82 Å². The van der Waals surface area contributed by atoms with Crippen LogP contribution in [0.5, 0.6) is 0 Å². The molecule has 1 saturated heterocycles. The minimum Gasteiger partial charge on any atom is -0.385 e. The van der Waals surface area contributed by atoms with Crippen molar-refractivity contribution in [1.82, 2.24) is 35.3 Å². The molecule has 3 aromatic heterocycles. The SMILES string of the molecule is C=C1CC[C@H](CS(=O)(=O)Cc2ncn(-c3cccc([C@@]45CC[C@@H](c6cc(-c7c(F)cccc7F)nnc64)C5(C)C)n3)n2)N1. The van der Waals surface area contributed by atoms with Crippen molar-refractivity contribution in [2.24, 2.45) is 5.41 Å². The lowest BCUT2D eigenvalue weighted by atomic mass is 9.66. The predicted molar refractivity (Wildman–Crippen MR) is 156 cm³/mol. The number of pyridine rings is 1. The number of hydrogen-bond acceptors (Lipinski definition) is 8. The van der Waals surface area contributed by atoms with E-state index in [9.17, 15) is 17.2 Å². The lowest BCUT2D eigenvalue weighted by Crippen LogP contribution is -2.38. The van der Waals surface area contributed by atoms with E-state index in [1.54, 1.807) is 12.1 Å². The molecule has 3 atom stereocenters. The molecule has 3 aliphatic rings. The zero-order chi connectivity index (χ0) is 30.1. The Kier molecular flexibility index (Phi) is 6.28. The van der Waals surface area contributed by atoms with Crippen molar-refractivity contribution >= 4 is 9.84 Å². The molecule has 1 aliphatic heterocycles. The van der Waals surface area contributed by atoms with Gasteiger partial charge in [-0.15, -0.1) is 10.2 Å². The van der Waals surface area contributed by atoms with Crippen LogP contribution in [0.3, 0.4) is 0 Å². The first kappa shape index (κ1) is 27.8. The summed E-state index contributed by atoms with van der Waals surface area (Å²) < 4.78 is 56.4. The van der Waals surface area contributed by atoms with Gasteiger partial charge < -0.3 is 5.32 Å². The predicted octanol–water partition coefficient (Wildman–Crippen LogP) is 4.78. The lowest BCUT2D eigenvalue weighted by molar-refractivity contribution is 0.242. The second-order valence-electron chi connectivity index (χ2n) is 12.4. The highest BCUT2D eigenvalue weighted by Gasteiger charge is 2.65. The van der Waals surface area contributed by atoms with Crippen LogP contribution in [0.15, 0.2) is 61.1 Å². The second kappa shape index (κ2) is 9.73. The van der Waals surface area contributed by atoms with Crippen LogP contribution in [0.2, 0.25) is 0 Å². The minimum absolute atomic E-state index is 0.00121. The number of nitrogens with zero attached hydrogens (tertiary/aromatic N) is 6. The molecule has 1 aromatic carbocycles. The van der Waals surface area contributed by atoms with Crippen molar-refractivity contribution in [1.29, 1.82) is 0 Å². The normalized spacial score (nSPS) is 23.9. The number of hydrogen-bond donors (Lipinski definition) is 1. The van der Waals surface area contributed by atoms with Gasteiger partial charge in [0.1, 0.15) is 23.7 Å². The Morgan fingerprint density at radius 1 is 1.09 bits per heavy atom. The van der Waals surface area contributed by atoms with Crippen LogP contribution in [0.1, 0.15) is 68.2 Å². The summed E-state index contributed by atoms with van der Waals surface area (Å²) in [6.45, 7) is 8.23. The zero-order valence-electron chi connectivity index (χ0n) is 23.9. The highest BCUT2D eigenvalue weighted by atomic mass is 32.2. The third-order valence-electron chi connectivity index (χ3n) is 9.55. The highest BCUT2D eigenvalue weighted by Crippen LogP contribution is 2.69. The van der Waals surface area contributed by atoms with Gasteiger partial charge in [-0.3, -0.25) is 0 Å². The molecule has 12 heteroatoms. The van der Waals surface area contributed by atoms with E-state index in [0.717, 1.165) is 48.3 Å². The summed E-state index contributed by atoms with van der Waals surface area (Å²) in [5, 5.41) is 16.5. The summed E-state index contributed by atoms with van der Waals surface area (Å²) in [5.41, 5.74) is 2.47. The Morgan fingerprint density at radius 2 is 1.86 bits per heavy atom. The van der Waals surface area contributed by atoms with Crippen molar-refractivity contribution in [2.45, 2.75) is 62.7 Å². The van der Waals surface area contributed by atoms with Gasteiger partial charge in [-0.1, -0.05) is 32.6 Å². The van der Waals surface area contributed by atoms with E-state index in [1.165, 1.54) is 29.2 Å². The smallest absolute Gasteiger partial charge is 0.166 e. The Morgan fingerprint density at radius 3 is 2.60 bits per heavy atom. The number of aromatic nitrogens is 6. The Hall–Kier alpha value is -4.06. The van der Waals surface area contributed by atoms with Gasteiger partial charge in [0.25, 0.3) is 0 Å². The second-order valence-corrected chi connectivity index (χ2v) is 14.5. The maximum Gasteiger partial charge on any atom is 0.166 e. The van der Waals surface area contributed by atoms with Gasteiger partial charge >= 0.3 is 0 Å². The van der Waals surface area contributed by atoms with Gasteiger partial charge in [0, 0.05) is 11.7 Å². The summed E-state index contributed by atoms with van der Waals surface area (Å²) in [6, 6.07) is 11.0. The summed E-state index contributed by atoms with van der Waals surface area (Å²) in [6.07, 6.45) is 4.65. The van der Waals surface area contributed by atoms with E-state index in [4.69, 9.17) is 4.98 Å². The quantitative estimate of drug-likeness (QED) is 0.321. The van der Waals surface area contributed by atoms with Crippen molar-refractivity contribution in [3.05, 3.63) is 95.5 Å². The van der Waals surface area contributed by atoms with Crippen LogP contribution in [0, 0.1) is 17.0 Å². The van der Waals surface area contributed by atoms with Gasteiger partial charge in [-0.2, -0.15) is 5.10 Å². The van der Waals surface area contributed by atoms with Crippen LogP contribution in [-0.4, -0.2) is 50.2 Å². The first-order valence-electron chi connectivity index (χ1n) is 14.3. The number of sulfone groups is 1. The Bertz CT molecular complexity index is 1870. The van der Waals surface area contributed by atoms with Crippen LogP contribution in [0.25, 0.3) is 17.1 Å². The zero-order valence-corrected chi connectivity index (χ0v) is 24.7. The molecule has 2 fully saturated rings. The van der Waals surface area contributed by atoms with Crippen LogP contribution in [-0.2, 0) is 21.0 Å². The summed E-state index contributed by atoms with van der Waals surface area (Å²) >= 11 is 0. The first-order chi connectivity index (χ1) is 20.5. The molecule has 0 unspecified atom stereocenters. The van der Waals surface area contributed by atoms with Crippen molar-refractivity contribution in [3.63, 3.8) is 0 Å². The largest absolute Gasteiger partial charge is 0.385 e. The molecule has 9 nitrogen and oxygen atoms in total. The average molecular weight is 604 g/mol. The summed E-state index contributed by atoms with van der Waals surface area (Å²) in [4.78, 5) is 9.27. The number of benzene rings is 1. The fourth-order valence-electron chi connectivity index (χ4n) is 7.49. The van der Waals surface area contributed by atoms with E-state index in [-0.39, 0.29) is 46.0 Å². The monoisotopic (exact) mass is 603 g/mol. The molecule has 43 heavy (non-hydrogen) atoms. The molecule has 1 N–H and O–H groups in total. The molecule has 4 aromatic rings. The molecule has 0 radical (unpaired) electrons. The third-order valence-corrected chi connectivity index (χ3v) is 11.2. The Labute approximate surface area is 248 Å². The number of nitrogens with one attached hydrogen (secondary N) is 1. The average Bonchev–Trinajstić information content (AvgIpc) is 3.69. The first-order valence-corrected chi connectivity index (χ1v) is 16.2. The molecule has 2 aliphatic carbocycles. The molecule has 0 amide bonds. The summed E-state index contributed by atoms with van der Waals surface area (Å²) in [5.74, 6) is -0.818. The molecule has 0 spiro atoms. The van der Waals surface area contributed by atoms with E-state index < -0.39 is 26.9 Å². The van der Waals surface area contributed by atoms with Crippen molar-refractivity contribution in [2.75, 3.05) is 5.75 Å². The van der Waals surface area contributed by atoms with E-state index in [2.05, 4.69) is 46.0 Å². The fourth-order valence-corrected chi connectivity index (χ4v) is 8.99. The number of rotatable bonds is 7. The molecule has 4 heterocycles. The van der Waals surface area contributed by atoms with Crippen molar-refractivity contribution < 1.29 is 17.2 Å². The standard InChI is InChI=1S/C31H31F2N7O2S/c1-18-10-11-19(35-18)15-43(41,42)16-26-34-17-40(39-26)27-9-5-8-25(36-27)31-13-12-21(30(31,2)3)20-14-24(37-38-29(20)31)28-22(32)6-4-7-23(28)33/h4-9,14,17,19,21,35H,1,10-13,15-16H2,2-3H3/t19-,21+,31+/m1/s1. The fraction of sp³-hybridized carbons (Fsp3) is 0.387. The van der Waals surface area contributed by atoms with E-state index >= 15 is 0 Å². The lowest BCUT2D eigenvalue weighted by Gasteiger charge is -2.37. The van der Waals surface area contributed by atoms with Gasteiger partial charge in [-0.25, -0.2) is 31.8 Å². The maximum absolute atomic E-state index is 14.6. The highest BCUT2D eigenvalue weighted by molar-refractivity contribution is 7.90. The van der Waals surface area contributed by atoms with Crippen LogP contribution >= 0.6 is 0 Å². The van der Waals surface area contributed by atoms with Gasteiger partial charge in [0.05, 0.1) is 33.8 Å². The molecule has 222 valence electrons. The Balaban J connectivity index is 1.21. The number of fused-ring (bicyclic) bond motifs is 5.